The van der Waals surface area contributed by atoms with Crippen molar-refractivity contribution in [2.24, 2.45) is 11.3 Å². The van der Waals surface area contributed by atoms with Crippen molar-refractivity contribution in [2.45, 2.75) is 44.9 Å². The molecule has 1 aliphatic carbocycles. The third-order valence-corrected chi connectivity index (χ3v) is 5.16. The second-order valence-electron chi connectivity index (χ2n) is 7.06. The van der Waals surface area contributed by atoms with Crippen LogP contribution in [0.1, 0.15) is 32.8 Å². The molecule has 4 unspecified atom stereocenters. The topological polar surface area (TPSA) is 41.5 Å². The summed E-state index contributed by atoms with van der Waals surface area (Å²) < 4.78 is 5.81. The van der Waals surface area contributed by atoms with E-state index in [0.29, 0.717) is 24.6 Å². The Morgan fingerprint density at radius 2 is 2.05 bits per heavy atom. The Kier molecular flexibility index (Phi) is 3.39. The molecule has 0 radical (unpaired) electrons. The molecule has 0 bridgehead atoms. The lowest BCUT2D eigenvalue weighted by Gasteiger charge is -2.55. The van der Waals surface area contributed by atoms with Gasteiger partial charge in [0.2, 0.25) is 0 Å². The normalized spacial score (nSPS) is 34.1. The van der Waals surface area contributed by atoms with Crippen molar-refractivity contribution in [3.8, 4) is 0 Å². The van der Waals surface area contributed by atoms with E-state index in [0.717, 1.165) is 18.6 Å². The van der Waals surface area contributed by atoms with E-state index in [1.165, 1.54) is 0 Å². The zero-order chi connectivity index (χ0) is 14.4. The van der Waals surface area contributed by atoms with E-state index in [2.05, 4.69) is 19.2 Å². The first-order chi connectivity index (χ1) is 9.43. The lowest BCUT2D eigenvalue weighted by molar-refractivity contribution is -0.117. The summed E-state index contributed by atoms with van der Waals surface area (Å²) in [5.74, 6) is 0.608. The quantitative estimate of drug-likeness (QED) is 0.886. The third-order valence-electron chi connectivity index (χ3n) is 5.16. The van der Waals surface area contributed by atoms with E-state index in [9.17, 15) is 5.11 Å². The van der Waals surface area contributed by atoms with E-state index in [1.54, 1.807) is 0 Å². The highest BCUT2D eigenvalue weighted by Crippen LogP contribution is 2.52. The summed E-state index contributed by atoms with van der Waals surface area (Å²) in [6, 6.07) is 10.3. The van der Waals surface area contributed by atoms with Crippen molar-refractivity contribution < 1.29 is 9.84 Å². The van der Waals surface area contributed by atoms with Gasteiger partial charge in [0, 0.05) is 30.5 Å². The number of fused-ring (bicyclic) bond motifs is 1. The second kappa shape index (κ2) is 4.83. The van der Waals surface area contributed by atoms with Gasteiger partial charge in [-0.2, -0.15) is 0 Å². The van der Waals surface area contributed by atoms with E-state index in [-0.39, 0.29) is 5.41 Å². The predicted octanol–water partition coefficient (Wildman–Crippen LogP) is 2.30. The number of ether oxygens (including phenoxy) is 1. The van der Waals surface area contributed by atoms with Gasteiger partial charge in [-0.25, -0.2) is 0 Å². The van der Waals surface area contributed by atoms with Crippen LogP contribution in [-0.4, -0.2) is 30.4 Å². The zero-order valence-corrected chi connectivity index (χ0v) is 12.6. The van der Waals surface area contributed by atoms with Crippen LogP contribution < -0.4 is 5.32 Å². The summed E-state index contributed by atoms with van der Waals surface area (Å²) in [5.41, 5.74) is 0.291. The number of rotatable bonds is 4. The summed E-state index contributed by atoms with van der Waals surface area (Å²) in [6.07, 6.45) is 1.53. The molecule has 0 aromatic heterocycles. The molecular formula is C17H25NO2. The van der Waals surface area contributed by atoms with E-state index < -0.39 is 5.60 Å². The van der Waals surface area contributed by atoms with Crippen molar-refractivity contribution in [1.82, 2.24) is 5.32 Å². The Labute approximate surface area is 121 Å². The SMILES string of the molecule is CC(O)(CNC1C2CCOC2C1(C)C)c1ccccc1. The molecule has 3 rings (SSSR count). The number of hydrogen-bond donors (Lipinski definition) is 2. The van der Waals surface area contributed by atoms with Crippen LogP contribution in [0.25, 0.3) is 0 Å². The molecule has 3 nitrogen and oxygen atoms in total. The minimum atomic E-state index is -0.831. The van der Waals surface area contributed by atoms with Gasteiger partial charge < -0.3 is 15.2 Å². The van der Waals surface area contributed by atoms with Crippen LogP contribution in [0, 0.1) is 11.3 Å². The average molecular weight is 275 g/mol. The van der Waals surface area contributed by atoms with Gasteiger partial charge in [-0.05, 0) is 18.9 Å². The molecule has 2 N–H and O–H groups in total. The Balaban J connectivity index is 1.65. The van der Waals surface area contributed by atoms with E-state index >= 15 is 0 Å². The zero-order valence-electron chi connectivity index (χ0n) is 12.6. The molecule has 20 heavy (non-hydrogen) atoms. The molecule has 1 aromatic carbocycles. The first kappa shape index (κ1) is 14.1. The highest BCUT2D eigenvalue weighted by molar-refractivity contribution is 5.22. The van der Waals surface area contributed by atoms with E-state index in [1.807, 2.05) is 37.3 Å². The van der Waals surface area contributed by atoms with Gasteiger partial charge in [-0.1, -0.05) is 44.2 Å². The molecule has 110 valence electrons. The largest absolute Gasteiger partial charge is 0.384 e. The average Bonchev–Trinajstić information content (AvgIpc) is 2.86. The molecule has 0 amide bonds. The smallest absolute Gasteiger partial charge is 0.0992 e. The fourth-order valence-corrected chi connectivity index (χ4v) is 3.95. The summed E-state index contributed by atoms with van der Waals surface area (Å²) in [5, 5.41) is 14.3. The summed E-state index contributed by atoms with van der Waals surface area (Å²) in [7, 11) is 0. The van der Waals surface area contributed by atoms with Gasteiger partial charge in [0.05, 0.1) is 11.7 Å². The minimum Gasteiger partial charge on any atom is -0.384 e. The van der Waals surface area contributed by atoms with Gasteiger partial charge in [0.1, 0.15) is 0 Å². The Bertz CT molecular complexity index is 469. The van der Waals surface area contributed by atoms with Crippen LogP contribution >= 0.6 is 0 Å². The Morgan fingerprint density at radius 3 is 2.75 bits per heavy atom. The standard InChI is InChI=1S/C17H25NO2/c1-16(2)14(13-9-10-20-15(13)16)18-11-17(3,19)12-7-5-4-6-8-12/h4-8,13-15,18-19H,9-11H2,1-3H3. The summed E-state index contributed by atoms with van der Waals surface area (Å²) in [4.78, 5) is 0. The van der Waals surface area contributed by atoms with Crippen molar-refractivity contribution in [1.29, 1.82) is 0 Å². The molecule has 4 atom stereocenters. The lowest BCUT2D eigenvalue weighted by atomic mass is 9.57. The number of hydrogen-bond acceptors (Lipinski definition) is 3. The maximum absolute atomic E-state index is 10.7. The van der Waals surface area contributed by atoms with Crippen molar-refractivity contribution in [3.05, 3.63) is 35.9 Å². The first-order valence-electron chi connectivity index (χ1n) is 7.56. The van der Waals surface area contributed by atoms with Gasteiger partial charge in [-0.3, -0.25) is 0 Å². The second-order valence-corrected chi connectivity index (χ2v) is 7.06. The Morgan fingerprint density at radius 1 is 1.35 bits per heavy atom. The van der Waals surface area contributed by atoms with E-state index in [4.69, 9.17) is 4.74 Å². The molecule has 1 aromatic rings. The van der Waals surface area contributed by atoms with Crippen LogP contribution in [0.15, 0.2) is 30.3 Å². The number of nitrogens with one attached hydrogen (secondary N) is 1. The number of benzene rings is 1. The monoisotopic (exact) mass is 275 g/mol. The third kappa shape index (κ3) is 2.18. The molecule has 1 heterocycles. The molecular weight excluding hydrogens is 250 g/mol. The summed E-state index contributed by atoms with van der Waals surface area (Å²) in [6.45, 7) is 7.85. The molecule has 2 aliphatic rings. The highest BCUT2D eigenvalue weighted by atomic mass is 16.5. The van der Waals surface area contributed by atoms with Crippen LogP contribution in [0.4, 0.5) is 0 Å². The molecule has 3 heteroatoms. The van der Waals surface area contributed by atoms with Crippen molar-refractivity contribution in [3.63, 3.8) is 0 Å². The Hall–Kier alpha value is -0.900. The highest BCUT2D eigenvalue weighted by Gasteiger charge is 2.59. The van der Waals surface area contributed by atoms with Crippen LogP contribution in [0.3, 0.4) is 0 Å². The van der Waals surface area contributed by atoms with Crippen LogP contribution in [0.5, 0.6) is 0 Å². The maximum atomic E-state index is 10.7. The minimum absolute atomic E-state index is 0.161. The van der Waals surface area contributed by atoms with Crippen molar-refractivity contribution in [2.75, 3.05) is 13.2 Å². The van der Waals surface area contributed by atoms with Gasteiger partial charge in [-0.15, -0.1) is 0 Å². The van der Waals surface area contributed by atoms with Crippen LogP contribution in [0.2, 0.25) is 0 Å². The first-order valence-corrected chi connectivity index (χ1v) is 7.56. The fraction of sp³-hybridized carbons (Fsp3) is 0.647. The molecule has 1 saturated carbocycles. The lowest BCUT2D eigenvalue weighted by Crippen LogP contribution is -2.66. The van der Waals surface area contributed by atoms with Crippen molar-refractivity contribution >= 4 is 0 Å². The predicted molar refractivity (Wildman–Crippen MR) is 79.4 cm³/mol. The molecule has 1 aliphatic heterocycles. The molecule has 1 saturated heterocycles. The molecule has 2 fully saturated rings. The summed E-state index contributed by atoms with van der Waals surface area (Å²) >= 11 is 0. The maximum Gasteiger partial charge on any atom is 0.0992 e. The van der Waals surface area contributed by atoms with Gasteiger partial charge in [0.15, 0.2) is 0 Å². The van der Waals surface area contributed by atoms with Gasteiger partial charge in [0.25, 0.3) is 0 Å². The fourth-order valence-electron chi connectivity index (χ4n) is 3.95. The van der Waals surface area contributed by atoms with Crippen LogP contribution in [-0.2, 0) is 10.3 Å². The number of aliphatic hydroxyl groups is 1. The van der Waals surface area contributed by atoms with Gasteiger partial charge >= 0.3 is 0 Å². The molecule has 0 spiro atoms.